The third-order valence-electron chi connectivity index (χ3n) is 5.65. The molecule has 4 rings (SSSR count). The molecule has 1 aromatic heterocycles. The maximum atomic E-state index is 12.9. The third kappa shape index (κ3) is 6.12. The predicted molar refractivity (Wildman–Crippen MR) is 127 cm³/mol. The fraction of sp³-hybridized carbons (Fsp3) is 0.360. The van der Waals surface area contributed by atoms with E-state index in [1.807, 2.05) is 6.07 Å². The molecule has 2 amide bonds. The van der Waals surface area contributed by atoms with Crippen LogP contribution < -0.4 is 15.4 Å². The summed E-state index contributed by atoms with van der Waals surface area (Å²) >= 11 is 0. The van der Waals surface area contributed by atoms with Gasteiger partial charge in [-0.05, 0) is 42.2 Å². The number of nitrogens with zero attached hydrogens (tertiary/aromatic N) is 1. The van der Waals surface area contributed by atoms with Crippen molar-refractivity contribution < 1.29 is 23.5 Å². The van der Waals surface area contributed by atoms with E-state index in [1.165, 1.54) is 12.5 Å². The summed E-state index contributed by atoms with van der Waals surface area (Å²) in [6.45, 7) is 4.32. The molecule has 1 fully saturated rings. The van der Waals surface area contributed by atoms with Crippen molar-refractivity contribution in [1.82, 2.24) is 4.90 Å². The number of anilines is 2. The maximum absolute atomic E-state index is 12.9. The van der Waals surface area contributed by atoms with Crippen molar-refractivity contribution >= 4 is 34.2 Å². The molecule has 2 N–H and O–H groups in total. The smallest absolute Gasteiger partial charge is 0.238 e. The van der Waals surface area contributed by atoms with Gasteiger partial charge < -0.3 is 24.5 Å². The zero-order valence-electron chi connectivity index (χ0n) is 18.9. The lowest BCUT2D eigenvalue weighted by molar-refractivity contribution is -0.117. The Balaban J connectivity index is 1.39. The lowest BCUT2D eigenvalue weighted by Crippen LogP contribution is -2.37. The molecule has 1 atom stereocenters. The fourth-order valence-electron chi connectivity index (χ4n) is 4.12. The van der Waals surface area contributed by atoms with Crippen LogP contribution in [0.3, 0.4) is 0 Å². The molecule has 33 heavy (non-hydrogen) atoms. The van der Waals surface area contributed by atoms with Crippen LogP contribution in [0.2, 0.25) is 0 Å². The molecule has 8 nitrogen and oxygen atoms in total. The van der Waals surface area contributed by atoms with Crippen LogP contribution in [0.25, 0.3) is 11.0 Å². The van der Waals surface area contributed by atoms with Crippen LogP contribution in [0.5, 0.6) is 5.75 Å². The molecule has 2 aromatic carbocycles. The molecule has 0 aliphatic carbocycles. The van der Waals surface area contributed by atoms with Crippen LogP contribution in [0.1, 0.15) is 12.5 Å². The number of carbonyl (C=O) groups is 2. The number of nitrogens with one attached hydrogen (secondary N) is 2. The summed E-state index contributed by atoms with van der Waals surface area (Å²) in [6, 6.07) is 13.4. The number of benzene rings is 2. The molecule has 8 heteroatoms. The van der Waals surface area contributed by atoms with E-state index in [1.54, 1.807) is 31.6 Å². The Labute approximate surface area is 192 Å². The second kappa shape index (κ2) is 10.5. The number of hydrogen-bond acceptors (Lipinski definition) is 6. The summed E-state index contributed by atoms with van der Waals surface area (Å²) in [5.74, 6) is 0.485. The van der Waals surface area contributed by atoms with Crippen molar-refractivity contribution in [3.8, 4) is 5.75 Å². The second-order valence-corrected chi connectivity index (χ2v) is 8.31. The number of methoxy groups -OCH3 is 1. The van der Waals surface area contributed by atoms with Gasteiger partial charge in [0.15, 0.2) is 0 Å². The minimum Gasteiger partial charge on any atom is -0.497 e. The van der Waals surface area contributed by atoms with E-state index >= 15 is 0 Å². The third-order valence-corrected chi connectivity index (χ3v) is 5.65. The predicted octanol–water partition coefficient (Wildman–Crippen LogP) is 3.53. The quantitative estimate of drug-likeness (QED) is 0.571. The summed E-state index contributed by atoms with van der Waals surface area (Å²) in [4.78, 5) is 26.5. The van der Waals surface area contributed by atoms with Crippen LogP contribution in [-0.4, -0.2) is 56.7 Å². The highest BCUT2D eigenvalue weighted by Crippen LogP contribution is 2.27. The molecular weight excluding hydrogens is 422 g/mol. The number of furan rings is 1. The largest absolute Gasteiger partial charge is 0.497 e. The summed E-state index contributed by atoms with van der Waals surface area (Å²) < 4.78 is 16.6. The number of ether oxygens (including phenoxy) is 2. The Kier molecular flexibility index (Phi) is 7.26. The number of hydrogen-bond donors (Lipinski definition) is 2. The van der Waals surface area contributed by atoms with E-state index in [0.717, 1.165) is 23.9 Å². The molecule has 0 saturated carbocycles. The summed E-state index contributed by atoms with van der Waals surface area (Å²) in [6.07, 6.45) is 2.54. The Morgan fingerprint density at radius 2 is 2.00 bits per heavy atom. The van der Waals surface area contributed by atoms with Gasteiger partial charge in [-0.1, -0.05) is 12.1 Å². The van der Waals surface area contributed by atoms with Gasteiger partial charge in [0.1, 0.15) is 11.3 Å². The van der Waals surface area contributed by atoms with E-state index in [9.17, 15) is 9.59 Å². The molecule has 174 valence electrons. The first-order valence-corrected chi connectivity index (χ1v) is 11.0. The Bertz CT molecular complexity index is 1130. The van der Waals surface area contributed by atoms with Crippen LogP contribution in [0, 0.1) is 5.92 Å². The molecule has 0 bridgehead atoms. The average Bonchev–Trinajstić information content (AvgIpc) is 3.14. The van der Waals surface area contributed by atoms with Crippen molar-refractivity contribution in [2.24, 2.45) is 5.92 Å². The topological polar surface area (TPSA) is 93.0 Å². The summed E-state index contributed by atoms with van der Waals surface area (Å²) in [5.41, 5.74) is 3.10. The molecule has 2 heterocycles. The van der Waals surface area contributed by atoms with Gasteiger partial charge in [-0.3, -0.25) is 14.5 Å². The van der Waals surface area contributed by atoms with Gasteiger partial charge in [0.2, 0.25) is 11.8 Å². The van der Waals surface area contributed by atoms with E-state index in [-0.39, 0.29) is 24.3 Å². The van der Waals surface area contributed by atoms with E-state index < -0.39 is 0 Å². The Morgan fingerprint density at radius 1 is 1.12 bits per heavy atom. The average molecular weight is 452 g/mol. The lowest BCUT2D eigenvalue weighted by Gasteiger charge is -2.23. The van der Waals surface area contributed by atoms with Crippen molar-refractivity contribution in [3.63, 3.8) is 0 Å². The minimum absolute atomic E-state index is 0.160. The first-order valence-electron chi connectivity index (χ1n) is 11.0. The molecule has 0 radical (unpaired) electrons. The molecule has 1 aliphatic rings. The monoisotopic (exact) mass is 451 g/mol. The number of carbonyl (C=O) groups excluding carboxylic acids is 2. The highest BCUT2D eigenvalue weighted by Gasteiger charge is 2.22. The van der Waals surface area contributed by atoms with Crippen LogP contribution in [-0.2, 0) is 20.7 Å². The second-order valence-electron chi connectivity index (χ2n) is 8.31. The number of amides is 2. The van der Waals surface area contributed by atoms with Crippen LogP contribution >= 0.6 is 0 Å². The van der Waals surface area contributed by atoms with Gasteiger partial charge in [0, 0.05) is 31.5 Å². The highest BCUT2D eigenvalue weighted by atomic mass is 16.5. The molecule has 1 unspecified atom stereocenters. The standard InChI is InChI=1S/C25H29N3O5/c1-17(29)26-22-6-5-21(31-2)13-23(22)27-25(30)15-28-8-10-32-16-19(14-28)11-18-3-4-20-7-9-33-24(20)12-18/h3-7,9,12-13,19H,8,10-11,14-16H2,1-2H3,(H,26,29)(H,27,30). The first-order chi connectivity index (χ1) is 16.0. The summed E-state index contributed by atoms with van der Waals surface area (Å²) in [7, 11) is 1.56. The van der Waals surface area contributed by atoms with Gasteiger partial charge in [-0.2, -0.15) is 0 Å². The Hall–Kier alpha value is -3.36. The molecular formula is C25H29N3O5. The zero-order valence-corrected chi connectivity index (χ0v) is 18.9. The van der Waals surface area contributed by atoms with Crippen molar-refractivity contribution in [2.75, 3.05) is 50.6 Å². The molecule has 0 spiro atoms. The zero-order chi connectivity index (χ0) is 23.2. The number of fused-ring (bicyclic) bond motifs is 1. The highest BCUT2D eigenvalue weighted by molar-refractivity contribution is 5.99. The Morgan fingerprint density at radius 3 is 2.82 bits per heavy atom. The van der Waals surface area contributed by atoms with Gasteiger partial charge in [-0.15, -0.1) is 0 Å². The summed E-state index contributed by atoms with van der Waals surface area (Å²) in [5, 5.41) is 6.74. The maximum Gasteiger partial charge on any atom is 0.238 e. The van der Waals surface area contributed by atoms with Gasteiger partial charge >= 0.3 is 0 Å². The number of rotatable bonds is 7. The minimum atomic E-state index is -0.212. The van der Waals surface area contributed by atoms with E-state index in [4.69, 9.17) is 13.9 Å². The molecule has 3 aromatic rings. The first kappa shape index (κ1) is 22.8. The normalized spacial score (nSPS) is 16.8. The van der Waals surface area contributed by atoms with Crippen LogP contribution in [0.4, 0.5) is 11.4 Å². The van der Waals surface area contributed by atoms with E-state index in [0.29, 0.717) is 36.9 Å². The lowest BCUT2D eigenvalue weighted by atomic mass is 9.99. The molecule has 1 aliphatic heterocycles. The van der Waals surface area contributed by atoms with Crippen LogP contribution in [0.15, 0.2) is 53.1 Å². The van der Waals surface area contributed by atoms with Gasteiger partial charge in [-0.25, -0.2) is 0 Å². The molecule has 1 saturated heterocycles. The SMILES string of the molecule is COc1ccc(NC(C)=O)c(NC(=O)CN2CCOCC(Cc3ccc4ccoc4c3)C2)c1. The fourth-order valence-corrected chi connectivity index (χ4v) is 4.12. The van der Waals surface area contributed by atoms with Crippen molar-refractivity contribution in [2.45, 2.75) is 13.3 Å². The van der Waals surface area contributed by atoms with Crippen molar-refractivity contribution in [3.05, 3.63) is 54.3 Å². The van der Waals surface area contributed by atoms with Crippen molar-refractivity contribution in [1.29, 1.82) is 0 Å². The van der Waals surface area contributed by atoms with Gasteiger partial charge in [0.05, 0.1) is 44.5 Å². The van der Waals surface area contributed by atoms with E-state index in [2.05, 4.69) is 33.7 Å². The van der Waals surface area contributed by atoms with Gasteiger partial charge in [0.25, 0.3) is 0 Å².